The molecule has 0 aliphatic heterocycles. The van der Waals surface area contributed by atoms with Crippen molar-refractivity contribution >= 4 is 23.0 Å². The summed E-state index contributed by atoms with van der Waals surface area (Å²) in [5.41, 5.74) is 16.4. The number of rotatable bonds is 2. The number of nitrogens with one attached hydrogen (secondary N) is 1. The number of anilines is 3. The number of fused-ring (bicyclic) bond motifs is 1. The number of aryl methyl sites for hydroxylation is 1. The quantitative estimate of drug-likeness (QED) is 0.740. The average molecular weight is 281 g/mol. The fraction of sp³-hybridized carbons (Fsp3) is 0.235. The third-order valence-electron chi connectivity index (χ3n) is 3.96. The molecule has 0 atom stereocenters. The standard InChI is InChI=1S/C17H19N3O/c18-12-8-9-14(15(19)10-12)17(21)20-16-7-3-5-11-4-1-2-6-13(11)16/h3,5,7-10H,1-2,4,6,18-19H2,(H,20,21). The van der Waals surface area contributed by atoms with Gasteiger partial charge in [0.15, 0.2) is 0 Å². The van der Waals surface area contributed by atoms with E-state index in [4.69, 9.17) is 11.5 Å². The molecule has 0 bridgehead atoms. The molecule has 0 heterocycles. The van der Waals surface area contributed by atoms with Crippen LogP contribution in [-0.4, -0.2) is 5.91 Å². The van der Waals surface area contributed by atoms with E-state index >= 15 is 0 Å². The van der Waals surface area contributed by atoms with Crippen LogP contribution in [0.3, 0.4) is 0 Å². The Bertz CT molecular complexity index is 694. The molecule has 5 N–H and O–H groups in total. The second-order valence-electron chi connectivity index (χ2n) is 5.45. The van der Waals surface area contributed by atoms with Gasteiger partial charge in [0.25, 0.3) is 5.91 Å². The first-order chi connectivity index (χ1) is 10.1. The molecule has 0 saturated heterocycles. The number of carbonyl (C=O) groups excluding carboxylic acids is 1. The second kappa shape index (κ2) is 5.48. The molecule has 1 amide bonds. The van der Waals surface area contributed by atoms with Gasteiger partial charge in [-0.25, -0.2) is 0 Å². The molecule has 0 unspecified atom stereocenters. The molecule has 0 spiro atoms. The summed E-state index contributed by atoms with van der Waals surface area (Å²) in [4.78, 5) is 12.4. The van der Waals surface area contributed by atoms with Crippen LogP contribution in [0.1, 0.15) is 34.3 Å². The number of carbonyl (C=O) groups is 1. The average Bonchev–Trinajstić information content (AvgIpc) is 2.47. The summed E-state index contributed by atoms with van der Waals surface area (Å²) in [6.07, 6.45) is 4.49. The molecule has 4 nitrogen and oxygen atoms in total. The summed E-state index contributed by atoms with van der Waals surface area (Å²) < 4.78 is 0. The molecular weight excluding hydrogens is 262 g/mol. The highest BCUT2D eigenvalue weighted by Gasteiger charge is 2.16. The minimum absolute atomic E-state index is 0.188. The first kappa shape index (κ1) is 13.5. The fourth-order valence-electron chi connectivity index (χ4n) is 2.88. The third-order valence-corrected chi connectivity index (χ3v) is 3.96. The highest BCUT2D eigenvalue weighted by atomic mass is 16.1. The van der Waals surface area contributed by atoms with Crippen molar-refractivity contribution in [3.63, 3.8) is 0 Å². The predicted molar refractivity (Wildman–Crippen MR) is 86.3 cm³/mol. The topological polar surface area (TPSA) is 81.1 Å². The van der Waals surface area contributed by atoms with Crippen LogP contribution in [0.25, 0.3) is 0 Å². The van der Waals surface area contributed by atoms with Crippen molar-refractivity contribution in [2.24, 2.45) is 0 Å². The molecule has 0 aromatic heterocycles. The van der Waals surface area contributed by atoms with Crippen LogP contribution in [-0.2, 0) is 12.8 Å². The van der Waals surface area contributed by atoms with Gasteiger partial charge in [0.05, 0.1) is 5.56 Å². The van der Waals surface area contributed by atoms with Crippen LogP contribution in [0, 0.1) is 0 Å². The zero-order valence-corrected chi connectivity index (χ0v) is 11.9. The molecule has 0 radical (unpaired) electrons. The molecule has 1 aliphatic rings. The van der Waals surface area contributed by atoms with Crippen molar-refractivity contribution < 1.29 is 4.79 Å². The Morgan fingerprint density at radius 1 is 1.05 bits per heavy atom. The minimum atomic E-state index is -0.188. The van der Waals surface area contributed by atoms with E-state index in [1.807, 2.05) is 12.1 Å². The monoisotopic (exact) mass is 281 g/mol. The molecular formula is C17H19N3O. The summed E-state index contributed by atoms with van der Waals surface area (Å²) in [5, 5.41) is 2.99. The molecule has 2 aromatic rings. The van der Waals surface area contributed by atoms with Gasteiger partial charge in [0, 0.05) is 17.1 Å². The van der Waals surface area contributed by atoms with Crippen molar-refractivity contribution in [2.75, 3.05) is 16.8 Å². The first-order valence-corrected chi connectivity index (χ1v) is 7.22. The Morgan fingerprint density at radius 3 is 2.67 bits per heavy atom. The maximum absolute atomic E-state index is 12.4. The summed E-state index contributed by atoms with van der Waals surface area (Å²) in [6.45, 7) is 0. The Kier molecular flexibility index (Phi) is 3.52. The molecule has 1 aliphatic carbocycles. The third kappa shape index (κ3) is 2.70. The van der Waals surface area contributed by atoms with E-state index in [-0.39, 0.29) is 5.91 Å². The fourth-order valence-corrected chi connectivity index (χ4v) is 2.88. The summed E-state index contributed by atoms with van der Waals surface area (Å²) in [7, 11) is 0. The Morgan fingerprint density at radius 2 is 1.86 bits per heavy atom. The largest absolute Gasteiger partial charge is 0.399 e. The minimum Gasteiger partial charge on any atom is -0.399 e. The molecule has 3 rings (SSSR count). The van der Waals surface area contributed by atoms with Gasteiger partial charge < -0.3 is 16.8 Å². The van der Waals surface area contributed by atoms with Gasteiger partial charge in [-0.3, -0.25) is 4.79 Å². The molecule has 0 saturated carbocycles. The lowest BCUT2D eigenvalue weighted by atomic mass is 9.90. The first-order valence-electron chi connectivity index (χ1n) is 7.22. The number of benzene rings is 2. The Hall–Kier alpha value is -2.49. The van der Waals surface area contributed by atoms with Gasteiger partial charge in [-0.1, -0.05) is 12.1 Å². The molecule has 21 heavy (non-hydrogen) atoms. The Balaban J connectivity index is 1.88. The van der Waals surface area contributed by atoms with Gasteiger partial charge in [-0.2, -0.15) is 0 Å². The van der Waals surface area contributed by atoms with Gasteiger partial charge in [-0.05, 0) is 61.1 Å². The van der Waals surface area contributed by atoms with Crippen molar-refractivity contribution in [1.29, 1.82) is 0 Å². The van der Waals surface area contributed by atoms with E-state index in [2.05, 4.69) is 11.4 Å². The highest BCUT2D eigenvalue weighted by molar-refractivity contribution is 6.08. The van der Waals surface area contributed by atoms with Crippen molar-refractivity contribution in [3.8, 4) is 0 Å². The van der Waals surface area contributed by atoms with Gasteiger partial charge in [0.1, 0.15) is 0 Å². The van der Waals surface area contributed by atoms with E-state index in [9.17, 15) is 4.79 Å². The summed E-state index contributed by atoms with van der Waals surface area (Å²) in [6, 6.07) is 11.0. The van der Waals surface area contributed by atoms with Gasteiger partial charge in [0.2, 0.25) is 0 Å². The summed E-state index contributed by atoms with van der Waals surface area (Å²) >= 11 is 0. The van der Waals surface area contributed by atoms with E-state index in [0.29, 0.717) is 16.9 Å². The SMILES string of the molecule is Nc1ccc(C(=O)Nc2cccc3c2CCCC3)c(N)c1. The van der Waals surface area contributed by atoms with Crippen LogP contribution in [0.15, 0.2) is 36.4 Å². The zero-order valence-electron chi connectivity index (χ0n) is 11.9. The molecule has 108 valence electrons. The summed E-state index contributed by atoms with van der Waals surface area (Å²) in [5.74, 6) is -0.188. The Labute approximate surface area is 124 Å². The zero-order chi connectivity index (χ0) is 14.8. The van der Waals surface area contributed by atoms with Gasteiger partial charge >= 0.3 is 0 Å². The van der Waals surface area contributed by atoms with Crippen LogP contribution in [0.4, 0.5) is 17.1 Å². The highest BCUT2D eigenvalue weighted by Crippen LogP contribution is 2.28. The van der Waals surface area contributed by atoms with Crippen molar-refractivity contribution in [2.45, 2.75) is 25.7 Å². The number of hydrogen-bond donors (Lipinski definition) is 3. The van der Waals surface area contributed by atoms with E-state index in [0.717, 1.165) is 18.5 Å². The molecule has 0 fully saturated rings. The lowest BCUT2D eigenvalue weighted by molar-refractivity contribution is 0.102. The number of nitrogen functional groups attached to an aromatic ring is 2. The van der Waals surface area contributed by atoms with Crippen LogP contribution in [0.2, 0.25) is 0 Å². The second-order valence-corrected chi connectivity index (χ2v) is 5.45. The van der Waals surface area contributed by atoms with Crippen LogP contribution < -0.4 is 16.8 Å². The predicted octanol–water partition coefficient (Wildman–Crippen LogP) is 2.98. The van der Waals surface area contributed by atoms with Crippen molar-refractivity contribution in [1.82, 2.24) is 0 Å². The number of nitrogens with two attached hydrogens (primary N) is 2. The molecule has 4 heteroatoms. The van der Waals surface area contributed by atoms with Gasteiger partial charge in [-0.15, -0.1) is 0 Å². The van der Waals surface area contributed by atoms with E-state index in [1.54, 1.807) is 18.2 Å². The number of hydrogen-bond acceptors (Lipinski definition) is 3. The van der Waals surface area contributed by atoms with Crippen molar-refractivity contribution in [3.05, 3.63) is 53.1 Å². The van der Waals surface area contributed by atoms with E-state index < -0.39 is 0 Å². The van der Waals surface area contributed by atoms with E-state index in [1.165, 1.54) is 24.0 Å². The molecule has 2 aromatic carbocycles. The number of amides is 1. The smallest absolute Gasteiger partial charge is 0.257 e. The van der Waals surface area contributed by atoms with Crippen LogP contribution >= 0.6 is 0 Å². The maximum atomic E-state index is 12.4. The lowest BCUT2D eigenvalue weighted by Gasteiger charge is -2.19. The lowest BCUT2D eigenvalue weighted by Crippen LogP contribution is -2.17. The van der Waals surface area contributed by atoms with Crippen LogP contribution in [0.5, 0.6) is 0 Å². The normalized spacial score (nSPS) is 13.5. The maximum Gasteiger partial charge on any atom is 0.257 e.